The molecule has 5 rings (SSSR count). The van der Waals surface area contributed by atoms with Crippen molar-refractivity contribution < 1.29 is 28.6 Å². The number of esters is 1. The number of aliphatic hydroxyl groups is 1. The number of ether oxygens (including phenoxy) is 1. The summed E-state index contributed by atoms with van der Waals surface area (Å²) in [5.74, 6) is -0.898. The molecule has 4 aliphatic carbocycles. The van der Waals surface area contributed by atoms with Gasteiger partial charge in [-0.3, -0.25) is 9.59 Å². The summed E-state index contributed by atoms with van der Waals surface area (Å²) in [7, 11) is 0. The summed E-state index contributed by atoms with van der Waals surface area (Å²) in [5.41, 5.74) is 0.670. The van der Waals surface area contributed by atoms with Crippen LogP contribution in [-0.2, 0) is 14.3 Å². The number of aryl methyl sites for hydroxylation is 1. The van der Waals surface area contributed by atoms with Gasteiger partial charge in [0.2, 0.25) is 10.9 Å². The number of rotatable bonds is 4. The summed E-state index contributed by atoms with van der Waals surface area (Å²) < 4.78 is 19.8. The largest absolute Gasteiger partial charge is 0.504 e. The van der Waals surface area contributed by atoms with E-state index in [-0.39, 0.29) is 35.2 Å². The number of aromatic nitrogens is 1. The molecule has 36 heavy (non-hydrogen) atoms. The molecule has 9 heteroatoms. The zero-order valence-corrected chi connectivity index (χ0v) is 22.6. The number of allylic oxidation sites excluding steroid dienone is 3. The molecule has 0 radical (unpaired) electrons. The van der Waals surface area contributed by atoms with Crippen LogP contribution in [0.3, 0.4) is 0 Å². The molecule has 1 aromatic rings. The maximum atomic E-state index is 13.7. The van der Waals surface area contributed by atoms with Crippen LogP contribution >= 0.6 is 23.1 Å². The Bertz CT molecular complexity index is 1190. The van der Waals surface area contributed by atoms with Gasteiger partial charge in [0.05, 0.1) is 11.2 Å². The Morgan fingerprint density at radius 3 is 2.72 bits per heavy atom. The van der Waals surface area contributed by atoms with Gasteiger partial charge in [-0.25, -0.2) is 14.2 Å². The number of alkyl halides is 1. The van der Waals surface area contributed by atoms with E-state index >= 15 is 0 Å². The summed E-state index contributed by atoms with van der Waals surface area (Å²) in [5, 5.41) is 9.88. The van der Waals surface area contributed by atoms with Crippen molar-refractivity contribution in [2.45, 2.75) is 65.4 Å². The number of hydrogen-bond donors (Lipinski definition) is 1. The molecular weight excluding hydrogens is 501 g/mol. The Hall–Kier alpha value is -2.00. The van der Waals surface area contributed by atoms with E-state index in [1.54, 1.807) is 24.6 Å². The highest BCUT2D eigenvalue weighted by Crippen LogP contribution is 2.69. The Morgan fingerprint density at radius 2 is 2.06 bits per heavy atom. The maximum absolute atomic E-state index is 13.7. The lowest BCUT2D eigenvalue weighted by molar-refractivity contribution is -0.159. The van der Waals surface area contributed by atoms with Gasteiger partial charge in [-0.2, -0.15) is 0 Å². The first kappa shape index (κ1) is 25.6. The summed E-state index contributed by atoms with van der Waals surface area (Å²) in [6.07, 6.45) is 7.01. The fourth-order valence-corrected chi connectivity index (χ4v) is 9.61. The van der Waals surface area contributed by atoms with E-state index in [1.807, 2.05) is 13.8 Å². The van der Waals surface area contributed by atoms with Gasteiger partial charge in [0.15, 0.2) is 11.4 Å². The van der Waals surface area contributed by atoms with Gasteiger partial charge in [-0.15, -0.1) is 11.3 Å². The van der Waals surface area contributed by atoms with Crippen molar-refractivity contribution >= 4 is 40.0 Å². The summed E-state index contributed by atoms with van der Waals surface area (Å²) >= 11 is 1.77. The van der Waals surface area contributed by atoms with Crippen molar-refractivity contribution in [3.8, 4) is 0 Å². The molecule has 0 amide bonds. The molecule has 0 aromatic carbocycles. The highest BCUT2D eigenvalue weighted by Gasteiger charge is 2.71. The topological polar surface area (TPSA) is 93.6 Å². The fraction of sp³-hybridized carbons (Fsp3) is 0.630. The number of nitrogens with zero attached hydrogens (tertiary/aromatic N) is 1. The van der Waals surface area contributed by atoms with Crippen LogP contribution in [0.5, 0.6) is 0 Å². The summed E-state index contributed by atoms with van der Waals surface area (Å²) in [4.78, 5) is 43.8. The molecule has 3 fully saturated rings. The second-order valence-corrected chi connectivity index (χ2v) is 13.0. The minimum atomic E-state index is -1.44. The zero-order valence-electron chi connectivity index (χ0n) is 21.0. The van der Waals surface area contributed by atoms with Crippen LogP contribution < -0.4 is 0 Å². The van der Waals surface area contributed by atoms with E-state index < -0.39 is 33.5 Å². The molecule has 0 aliphatic heterocycles. The molecule has 1 heterocycles. The van der Waals surface area contributed by atoms with Crippen LogP contribution in [0, 0.1) is 41.4 Å². The number of halogens is 1. The van der Waals surface area contributed by atoms with Crippen LogP contribution in [0.4, 0.5) is 4.39 Å². The van der Waals surface area contributed by atoms with Crippen LogP contribution in [0.2, 0.25) is 0 Å². The van der Waals surface area contributed by atoms with Gasteiger partial charge < -0.3 is 9.84 Å². The molecule has 1 aromatic heterocycles. The Labute approximate surface area is 218 Å². The van der Waals surface area contributed by atoms with Crippen LogP contribution in [0.1, 0.15) is 68.2 Å². The zero-order chi connectivity index (χ0) is 26.0. The minimum Gasteiger partial charge on any atom is -0.504 e. The summed E-state index contributed by atoms with van der Waals surface area (Å²) in [6.45, 7) is 7.83. The number of aliphatic hydroxyl groups excluding tert-OH is 1. The van der Waals surface area contributed by atoms with Crippen molar-refractivity contribution in [2.75, 3.05) is 6.01 Å². The van der Waals surface area contributed by atoms with Gasteiger partial charge in [0, 0.05) is 16.7 Å². The second kappa shape index (κ2) is 8.79. The van der Waals surface area contributed by atoms with Crippen molar-refractivity contribution in [1.82, 2.24) is 4.98 Å². The quantitative estimate of drug-likeness (QED) is 0.476. The fourth-order valence-electron chi connectivity index (χ4n) is 8.15. The number of thioether (sulfide) groups is 1. The third-order valence-electron chi connectivity index (χ3n) is 9.85. The van der Waals surface area contributed by atoms with Crippen molar-refractivity contribution in [2.24, 2.45) is 34.5 Å². The number of hydrogen-bond acceptors (Lipinski definition) is 8. The molecule has 0 bridgehead atoms. The highest BCUT2D eigenvalue weighted by molar-refractivity contribution is 8.13. The maximum Gasteiger partial charge on any atom is 0.351 e. The van der Waals surface area contributed by atoms with Gasteiger partial charge in [-0.1, -0.05) is 26.3 Å². The predicted octanol–water partition coefficient (Wildman–Crippen LogP) is 5.97. The molecule has 1 N–H and O–H groups in total. The van der Waals surface area contributed by atoms with Crippen LogP contribution in [-0.4, -0.2) is 38.6 Å². The number of thiazole rings is 1. The first-order chi connectivity index (χ1) is 17.0. The van der Waals surface area contributed by atoms with Crippen LogP contribution in [0.15, 0.2) is 29.0 Å². The SMILES string of the molecule is Cc1ncsc1C(=O)O[C@]1(C(=O)SCF)[C@H](C)C[C@H]2[C@@H]3CCC4=CC(=O)C(O)=C[C@]4(C)[C@H]3CC[C@@]21C. The molecular formula is C27H32FNO5S2. The molecule has 194 valence electrons. The normalized spacial score (nSPS) is 39.4. The molecule has 3 saturated carbocycles. The Kier molecular flexibility index (Phi) is 6.26. The molecule has 7 atom stereocenters. The van der Waals surface area contributed by atoms with Gasteiger partial charge in [0.25, 0.3) is 0 Å². The Morgan fingerprint density at radius 1 is 1.31 bits per heavy atom. The first-order valence-corrected chi connectivity index (χ1v) is 14.4. The lowest BCUT2D eigenvalue weighted by Gasteiger charge is -2.58. The average Bonchev–Trinajstić information content (AvgIpc) is 3.34. The molecule has 4 aliphatic rings. The van der Waals surface area contributed by atoms with Crippen molar-refractivity contribution in [3.05, 3.63) is 39.6 Å². The highest BCUT2D eigenvalue weighted by atomic mass is 32.2. The minimum absolute atomic E-state index is 0.0808. The van der Waals surface area contributed by atoms with Gasteiger partial charge in [-0.05, 0) is 80.7 Å². The number of carbonyl (C=O) groups excluding carboxylic acids is 3. The number of ketones is 1. The van der Waals surface area contributed by atoms with E-state index in [4.69, 9.17) is 4.74 Å². The van der Waals surface area contributed by atoms with E-state index in [0.29, 0.717) is 35.2 Å². The van der Waals surface area contributed by atoms with Gasteiger partial charge >= 0.3 is 5.97 Å². The van der Waals surface area contributed by atoms with E-state index in [0.717, 1.165) is 24.8 Å². The second-order valence-electron chi connectivity index (χ2n) is 11.3. The van der Waals surface area contributed by atoms with E-state index in [9.17, 15) is 23.9 Å². The lowest BCUT2D eigenvalue weighted by atomic mass is 9.47. The standard InChI is InChI=1S/C27H32FNO5S2/c1-14-9-19-17-6-5-16-10-20(30)21(31)11-25(16,3)18(17)7-8-26(19,4)27(14,24(33)35-12-28)34-23(32)22-15(2)29-13-36-22/h10-11,13-14,17-19,31H,5-9,12H2,1-4H3/t14-,17-,18+,19+,25+,26+,27+/m1/s1. The molecule has 0 saturated heterocycles. The first-order valence-electron chi connectivity index (χ1n) is 12.5. The third-order valence-corrected chi connectivity index (χ3v) is 11.4. The van der Waals surface area contributed by atoms with Crippen molar-refractivity contribution in [1.29, 1.82) is 0 Å². The lowest BCUT2D eigenvalue weighted by Crippen LogP contribution is -2.60. The number of fused-ring (bicyclic) bond motifs is 5. The van der Waals surface area contributed by atoms with Crippen LogP contribution in [0.25, 0.3) is 0 Å². The third kappa shape index (κ3) is 3.41. The smallest absolute Gasteiger partial charge is 0.351 e. The predicted molar refractivity (Wildman–Crippen MR) is 136 cm³/mol. The molecule has 6 nitrogen and oxygen atoms in total. The molecule has 0 spiro atoms. The van der Waals surface area contributed by atoms with E-state index in [1.165, 1.54) is 11.3 Å². The summed E-state index contributed by atoms with van der Waals surface area (Å²) in [6, 6.07) is -0.873. The van der Waals surface area contributed by atoms with Crippen molar-refractivity contribution in [3.63, 3.8) is 0 Å². The van der Waals surface area contributed by atoms with Gasteiger partial charge in [0.1, 0.15) is 10.9 Å². The van der Waals surface area contributed by atoms with E-state index in [2.05, 4.69) is 11.9 Å². The Balaban J connectivity index is 1.55. The number of carbonyl (C=O) groups is 3. The monoisotopic (exact) mass is 533 g/mol. The average molecular weight is 534 g/mol. The molecule has 0 unspecified atom stereocenters.